The Morgan fingerprint density at radius 2 is 1.52 bits per heavy atom. The predicted molar refractivity (Wildman–Crippen MR) is 103 cm³/mol. The summed E-state index contributed by atoms with van der Waals surface area (Å²) in [6.45, 7) is 18.3. The van der Waals surface area contributed by atoms with Gasteiger partial charge in [0, 0.05) is 13.2 Å². The van der Waals surface area contributed by atoms with Crippen molar-refractivity contribution in [2.45, 2.75) is 73.6 Å². The van der Waals surface area contributed by atoms with Gasteiger partial charge in [0.2, 0.25) is 0 Å². The second-order valence-electron chi connectivity index (χ2n) is 7.98. The lowest BCUT2D eigenvalue weighted by atomic mass is 9.71. The van der Waals surface area contributed by atoms with Crippen LogP contribution >= 0.6 is 0 Å². The first-order valence-corrected chi connectivity index (χ1v) is 10.2. The standard InChI is InChI=1S/C15H26.C4H10O.C3H6/c1-4-5-11-7-12-8-13(11)15-10(3)6-9(2)14(12)15;1-3-5-4-2;1-3-2/h9-15H,4-8H2,1-3H3;3-4H2,1-2H3;3H,1H2,2H3. The van der Waals surface area contributed by atoms with Gasteiger partial charge < -0.3 is 4.74 Å². The Morgan fingerprint density at radius 3 is 2.00 bits per heavy atom. The first-order valence-electron chi connectivity index (χ1n) is 10.2. The van der Waals surface area contributed by atoms with Gasteiger partial charge in [0.05, 0.1) is 0 Å². The van der Waals surface area contributed by atoms with Crippen LogP contribution in [-0.4, -0.2) is 13.2 Å². The van der Waals surface area contributed by atoms with Gasteiger partial charge in [0.1, 0.15) is 0 Å². The summed E-state index contributed by atoms with van der Waals surface area (Å²) in [6, 6.07) is 0. The zero-order valence-corrected chi connectivity index (χ0v) is 16.7. The van der Waals surface area contributed by atoms with Crippen LogP contribution in [0.25, 0.3) is 0 Å². The van der Waals surface area contributed by atoms with Crippen LogP contribution in [-0.2, 0) is 4.74 Å². The highest BCUT2D eigenvalue weighted by Crippen LogP contribution is 2.64. The van der Waals surface area contributed by atoms with Crippen molar-refractivity contribution >= 4 is 0 Å². The molecule has 0 aromatic rings. The van der Waals surface area contributed by atoms with E-state index in [0.29, 0.717) is 0 Å². The number of allylic oxidation sites excluding steroid dienone is 1. The summed E-state index contributed by atoms with van der Waals surface area (Å²) in [5.74, 6) is 7.75. The lowest BCUT2D eigenvalue weighted by molar-refractivity contribution is 0.138. The summed E-state index contributed by atoms with van der Waals surface area (Å²) >= 11 is 0. The van der Waals surface area contributed by atoms with Crippen molar-refractivity contribution in [1.82, 2.24) is 0 Å². The topological polar surface area (TPSA) is 9.23 Å². The molecule has 3 saturated carbocycles. The molecule has 0 N–H and O–H groups in total. The second-order valence-corrected chi connectivity index (χ2v) is 7.98. The third-order valence-electron chi connectivity index (χ3n) is 6.39. The van der Waals surface area contributed by atoms with Gasteiger partial charge in [-0.05, 0) is 81.5 Å². The van der Waals surface area contributed by atoms with Gasteiger partial charge in [-0.15, -0.1) is 6.58 Å². The summed E-state index contributed by atoms with van der Waals surface area (Å²) in [4.78, 5) is 0. The molecule has 3 fully saturated rings. The minimum atomic E-state index is 0.844. The van der Waals surface area contributed by atoms with E-state index in [1.165, 1.54) is 19.3 Å². The molecule has 0 saturated heterocycles. The Kier molecular flexibility index (Phi) is 9.51. The third kappa shape index (κ3) is 5.08. The zero-order chi connectivity index (χ0) is 17.4. The molecule has 3 aliphatic rings. The van der Waals surface area contributed by atoms with Crippen molar-refractivity contribution in [1.29, 1.82) is 0 Å². The molecule has 0 aromatic carbocycles. The maximum absolute atomic E-state index is 4.83. The van der Waals surface area contributed by atoms with Crippen LogP contribution in [0, 0.1) is 41.4 Å². The van der Waals surface area contributed by atoms with E-state index in [9.17, 15) is 0 Å². The minimum Gasteiger partial charge on any atom is -0.382 e. The molecule has 0 radical (unpaired) electrons. The Balaban J connectivity index is 0.000000281. The fourth-order valence-corrected chi connectivity index (χ4v) is 6.04. The number of fused-ring (bicyclic) bond motifs is 5. The van der Waals surface area contributed by atoms with Gasteiger partial charge in [-0.25, -0.2) is 0 Å². The lowest BCUT2D eigenvalue weighted by Crippen LogP contribution is -2.28. The molecule has 0 heterocycles. The average Bonchev–Trinajstić information content (AvgIpc) is 3.15. The van der Waals surface area contributed by atoms with Gasteiger partial charge >= 0.3 is 0 Å². The van der Waals surface area contributed by atoms with Crippen molar-refractivity contribution < 1.29 is 4.74 Å². The first-order chi connectivity index (χ1) is 11.0. The van der Waals surface area contributed by atoms with Crippen LogP contribution in [0.5, 0.6) is 0 Å². The smallest absolute Gasteiger partial charge is 0.0437 e. The van der Waals surface area contributed by atoms with Crippen molar-refractivity contribution in [3.05, 3.63) is 12.7 Å². The van der Waals surface area contributed by atoms with E-state index in [1.807, 2.05) is 20.8 Å². The summed E-state index contributed by atoms with van der Waals surface area (Å²) in [5, 5.41) is 0. The van der Waals surface area contributed by atoms with Crippen LogP contribution < -0.4 is 0 Å². The fraction of sp³-hybridized carbons (Fsp3) is 0.909. The normalized spacial score (nSPS) is 39.8. The highest BCUT2D eigenvalue weighted by Gasteiger charge is 2.57. The summed E-state index contributed by atoms with van der Waals surface area (Å²) < 4.78 is 4.83. The molecule has 0 aromatic heterocycles. The van der Waals surface area contributed by atoms with Crippen molar-refractivity contribution in [3.8, 4) is 0 Å². The minimum absolute atomic E-state index is 0.844. The van der Waals surface area contributed by atoms with Crippen molar-refractivity contribution in [2.75, 3.05) is 13.2 Å². The van der Waals surface area contributed by atoms with E-state index in [4.69, 9.17) is 4.74 Å². The van der Waals surface area contributed by atoms with Gasteiger partial charge in [-0.2, -0.15) is 0 Å². The molecular formula is C22H42O. The Morgan fingerprint density at radius 1 is 0.957 bits per heavy atom. The molecule has 3 rings (SSSR count). The molecule has 1 heteroatoms. The molecule has 136 valence electrons. The Hall–Kier alpha value is -0.300. The molecule has 1 nitrogen and oxygen atoms in total. The molecule has 7 unspecified atom stereocenters. The monoisotopic (exact) mass is 322 g/mol. The van der Waals surface area contributed by atoms with E-state index in [1.54, 1.807) is 18.9 Å². The number of rotatable bonds is 4. The molecule has 0 amide bonds. The Labute approximate surface area is 146 Å². The van der Waals surface area contributed by atoms with Crippen molar-refractivity contribution in [2.24, 2.45) is 41.4 Å². The van der Waals surface area contributed by atoms with Crippen LogP contribution in [0.1, 0.15) is 73.6 Å². The van der Waals surface area contributed by atoms with E-state index < -0.39 is 0 Å². The van der Waals surface area contributed by atoms with Crippen LogP contribution in [0.15, 0.2) is 12.7 Å². The van der Waals surface area contributed by atoms with Gasteiger partial charge in [0.15, 0.2) is 0 Å². The van der Waals surface area contributed by atoms with Crippen LogP contribution in [0.3, 0.4) is 0 Å². The van der Waals surface area contributed by atoms with Gasteiger partial charge in [0.25, 0.3) is 0 Å². The first kappa shape index (κ1) is 20.7. The third-order valence-corrected chi connectivity index (χ3v) is 6.39. The second kappa shape index (κ2) is 10.5. The lowest BCUT2D eigenvalue weighted by Gasteiger charge is -2.34. The van der Waals surface area contributed by atoms with E-state index in [0.717, 1.165) is 54.6 Å². The average molecular weight is 323 g/mol. The number of hydrogen-bond acceptors (Lipinski definition) is 1. The molecule has 23 heavy (non-hydrogen) atoms. The highest BCUT2D eigenvalue weighted by molar-refractivity contribution is 5.06. The quantitative estimate of drug-likeness (QED) is 0.531. The SMILES string of the molecule is C=CC.CCCC1CC2CC1C1C(C)CC(C)C21.CCOCC. The van der Waals surface area contributed by atoms with E-state index >= 15 is 0 Å². The largest absolute Gasteiger partial charge is 0.382 e. The fourth-order valence-electron chi connectivity index (χ4n) is 6.04. The van der Waals surface area contributed by atoms with Crippen molar-refractivity contribution in [3.63, 3.8) is 0 Å². The zero-order valence-electron chi connectivity index (χ0n) is 16.7. The predicted octanol–water partition coefficient (Wildman–Crippen LogP) is 6.59. The van der Waals surface area contributed by atoms with E-state index in [2.05, 4.69) is 27.4 Å². The summed E-state index contributed by atoms with van der Waals surface area (Å²) in [7, 11) is 0. The summed E-state index contributed by atoms with van der Waals surface area (Å²) in [6.07, 6.45) is 9.41. The molecule has 0 spiro atoms. The van der Waals surface area contributed by atoms with Gasteiger partial charge in [-0.3, -0.25) is 0 Å². The molecular weight excluding hydrogens is 280 g/mol. The molecule has 2 bridgehead atoms. The molecule has 7 atom stereocenters. The molecule has 0 aliphatic heterocycles. The van der Waals surface area contributed by atoms with Gasteiger partial charge in [-0.1, -0.05) is 39.7 Å². The maximum atomic E-state index is 4.83. The Bertz CT molecular complexity index is 320. The molecule has 3 aliphatic carbocycles. The van der Waals surface area contributed by atoms with Crippen LogP contribution in [0.4, 0.5) is 0 Å². The summed E-state index contributed by atoms with van der Waals surface area (Å²) in [5.41, 5.74) is 0. The highest BCUT2D eigenvalue weighted by atomic mass is 16.5. The van der Waals surface area contributed by atoms with Crippen LogP contribution in [0.2, 0.25) is 0 Å². The maximum Gasteiger partial charge on any atom is 0.0437 e. The number of ether oxygens (including phenoxy) is 1. The van der Waals surface area contributed by atoms with E-state index in [-0.39, 0.29) is 0 Å². The number of hydrogen-bond donors (Lipinski definition) is 0.